The number of alkyl halides is 3. The minimum atomic E-state index is -4.75. The SMILES string of the molecule is Cc1cccc(C)c1N1C(=O)CS/C1=N/N=C/c1ccc2c(ccc3c2ncn3-c2ccc(OC(F)(F)F)cc2)n1. The number of nitrogens with zero attached hydrogens (tertiary/aromatic N) is 6. The van der Waals surface area contributed by atoms with Gasteiger partial charge in [-0.25, -0.2) is 9.97 Å². The number of anilines is 1. The van der Waals surface area contributed by atoms with E-state index in [9.17, 15) is 18.0 Å². The van der Waals surface area contributed by atoms with Crippen molar-refractivity contribution in [3.05, 3.63) is 89.9 Å². The highest BCUT2D eigenvalue weighted by Gasteiger charge is 2.32. The van der Waals surface area contributed by atoms with Crippen LogP contribution in [0.25, 0.3) is 27.6 Å². The molecule has 41 heavy (non-hydrogen) atoms. The van der Waals surface area contributed by atoms with E-state index in [1.807, 2.05) is 50.2 Å². The first kappa shape index (κ1) is 26.5. The number of carbonyl (C=O) groups is 1. The molecule has 12 heteroatoms. The summed E-state index contributed by atoms with van der Waals surface area (Å²) < 4.78 is 43.2. The highest BCUT2D eigenvalue weighted by molar-refractivity contribution is 8.15. The van der Waals surface area contributed by atoms with Gasteiger partial charge in [0.25, 0.3) is 0 Å². The van der Waals surface area contributed by atoms with Gasteiger partial charge in [0.15, 0.2) is 5.17 Å². The maximum absolute atomic E-state index is 12.6. The van der Waals surface area contributed by atoms with E-state index in [-0.39, 0.29) is 11.7 Å². The lowest BCUT2D eigenvalue weighted by molar-refractivity contribution is -0.274. The monoisotopic (exact) mass is 574 g/mol. The molecule has 0 radical (unpaired) electrons. The zero-order chi connectivity index (χ0) is 28.7. The van der Waals surface area contributed by atoms with Crippen LogP contribution in [-0.2, 0) is 4.79 Å². The Balaban J connectivity index is 1.26. The second-order valence-electron chi connectivity index (χ2n) is 9.28. The first-order valence-corrected chi connectivity index (χ1v) is 13.4. The van der Waals surface area contributed by atoms with Gasteiger partial charge in [-0.1, -0.05) is 30.0 Å². The summed E-state index contributed by atoms with van der Waals surface area (Å²) in [5, 5.41) is 9.86. The Labute approximate surface area is 236 Å². The summed E-state index contributed by atoms with van der Waals surface area (Å²) >= 11 is 1.34. The van der Waals surface area contributed by atoms with Crippen molar-refractivity contribution in [3.63, 3.8) is 0 Å². The van der Waals surface area contributed by atoms with Gasteiger partial charge in [-0.2, -0.15) is 5.10 Å². The topological polar surface area (TPSA) is 85.0 Å². The van der Waals surface area contributed by atoms with Crippen LogP contribution in [0.3, 0.4) is 0 Å². The Bertz CT molecular complexity index is 1840. The molecule has 2 aromatic heterocycles. The van der Waals surface area contributed by atoms with Gasteiger partial charge in [-0.15, -0.1) is 18.3 Å². The summed E-state index contributed by atoms with van der Waals surface area (Å²) in [6, 6.07) is 18.8. The van der Waals surface area contributed by atoms with E-state index in [0.717, 1.165) is 27.7 Å². The van der Waals surface area contributed by atoms with Crippen LogP contribution in [0.4, 0.5) is 18.9 Å². The van der Waals surface area contributed by atoms with Crippen molar-refractivity contribution in [1.29, 1.82) is 0 Å². The molecule has 6 rings (SSSR count). The number of aryl methyl sites for hydroxylation is 2. The summed E-state index contributed by atoms with van der Waals surface area (Å²) in [6.45, 7) is 3.92. The van der Waals surface area contributed by atoms with Crippen molar-refractivity contribution in [2.24, 2.45) is 10.2 Å². The van der Waals surface area contributed by atoms with E-state index in [1.54, 1.807) is 21.9 Å². The van der Waals surface area contributed by atoms with E-state index >= 15 is 0 Å². The van der Waals surface area contributed by atoms with Crippen molar-refractivity contribution in [2.45, 2.75) is 20.2 Å². The predicted octanol–water partition coefficient (Wildman–Crippen LogP) is 6.56. The van der Waals surface area contributed by atoms with Crippen molar-refractivity contribution in [1.82, 2.24) is 14.5 Å². The fourth-order valence-corrected chi connectivity index (χ4v) is 5.55. The van der Waals surface area contributed by atoms with Crippen molar-refractivity contribution in [2.75, 3.05) is 10.7 Å². The molecule has 0 saturated carbocycles. The normalized spacial score (nSPS) is 15.2. The van der Waals surface area contributed by atoms with Crippen LogP contribution >= 0.6 is 11.8 Å². The Hall–Kier alpha value is -4.71. The molecule has 0 spiro atoms. The number of aromatic nitrogens is 3. The van der Waals surface area contributed by atoms with E-state index in [0.29, 0.717) is 33.3 Å². The Morgan fingerprint density at radius 3 is 2.49 bits per heavy atom. The molecule has 1 amide bonds. The van der Waals surface area contributed by atoms with Gasteiger partial charge in [0.1, 0.15) is 12.1 Å². The standard InChI is InChI=1S/C29H21F3N6O2S/c1-17-4-3-5-18(2)27(17)38-25(39)15-41-28(38)36-34-14-19-6-11-22-23(35-19)12-13-24-26(22)33-16-37(24)20-7-9-21(10-8-20)40-29(30,31)32/h3-14,16H,15H2,1-2H3/b34-14+,36-28+. The summed E-state index contributed by atoms with van der Waals surface area (Å²) in [5.41, 5.74) is 6.16. The molecule has 3 heterocycles. The fraction of sp³-hybridized carbons (Fsp3) is 0.138. The molecule has 0 atom stereocenters. The number of hydrogen-bond acceptors (Lipinski definition) is 7. The lowest BCUT2D eigenvalue weighted by atomic mass is 10.1. The minimum Gasteiger partial charge on any atom is -0.406 e. The number of halogens is 3. The molecule has 5 aromatic rings. The summed E-state index contributed by atoms with van der Waals surface area (Å²) in [4.78, 5) is 23.4. The number of pyridine rings is 1. The van der Waals surface area contributed by atoms with Crippen molar-refractivity contribution < 1.29 is 22.7 Å². The van der Waals surface area contributed by atoms with Crippen LogP contribution in [0.2, 0.25) is 0 Å². The van der Waals surface area contributed by atoms with E-state index in [4.69, 9.17) is 0 Å². The number of ether oxygens (including phenoxy) is 1. The van der Waals surface area contributed by atoms with Crippen molar-refractivity contribution >= 4 is 56.7 Å². The fourth-order valence-electron chi connectivity index (χ4n) is 4.74. The molecule has 1 aliphatic rings. The lowest BCUT2D eigenvalue weighted by Gasteiger charge is -2.20. The van der Waals surface area contributed by atoms with Gasteiger partial charge < -0.3 is 4.74 Å². The quantitative estimate of drug-likeness (QED) is 0.175. The Morgan fingerprint density at radius 1 is 1.00 bits per heavy atom. The first-order valence-electron chi connectivity index (χ1n) is 12.4. The van der Waals surface area contributed by atoms with E-state index in [1.165, 1.54) is 42.2 Å². The zero-order valence-corrected chi connectivity index (χ0v) is 22.6. The van der Waals surface area contributed by atoms with Gasteiger partial charge in [0.2, 0.25) is 5.91 Å². The molecule has 0 aliphatic carbocycles. The highest BCUT2D eigenvalue weighted by Crippen LogP contribution is 2.32. The number of para-hydroxylation sites is 1. The molecule has 1 saturated heterocycles. The van der Waals surface area contributed by atoms with Gasteiger partial charge in [0, 0.05) is 11.1 Å². The predicted molar refractivity (Wildman–Crippen MR) is 154 cm³/mol. The molecule has 3 aromatic carbocycles. The minimum absolute atomic E-state index is 0.0424. The lowest BCUT2D eigenvalue weighted by Crippen LogP contribution is -2.30. The van der Waals surface area contributed by atoms with Crippen LogP contribution < -0.4 is 9.64 Å². The average molecular weight is 575 g/mol. The molecule has 0 N–H and O–H groups in total. The van der Waals surface area contributed by atoms with Crippen LogP contribution in [0.15, 0.2) is 83.3 Å². The molecular formula is C29H21F3N6O2S. The zero-order valence-electron chi connectivity index (χ0n) is 21.8. The molecule has 1 aliphatic heterocycles. The number of amidine groups is 1. The number of hydrogen-bond donors (Lipinski definition) is 0. The second kappa shape index (κ2) is 10.4. The Morgan fingerprint density at radius 2 is 1.76 bits per heavy atom. The summed E-state index contributed by atoms with van der Waals surface area (Å²) in [5.74, 6) is -0.0419. The number of imidazole rings is 1. The smallest absolute Gasteiger partial charge is 0.406 e. The molecule has 0 bridgehead atoms. The number of rotatable bonds is 5. The van der Waals surface area contributed by atoms with Gasteiger partial charge in [-0.3, -0.25) is 14.3 Å². The number of thioether (sulfide) groups is 1. The third-order valence-electron chi connectivity index (χ3n) is 6.52. The average Bonchev–Trinajstić information content (AvgIpc) is 3.52. The van der Waals surface area contributed by atoms with Crippen LogP contribution in [0.1, 0.15) is 16.8 Å². The maximum atomic E-state index is 12.6. The second-order valence-corrected chi connectivity index (χ2v) is 10.2. The molecule has 8 nitrogen and oxygen atoms in total. The Kier molecular flexibility index (Phi) is 6.70. The van der Waals surface area contributed by atoms with Crippen LogP contribution in [-0.4, -0.2) is 43.9 Å². The first-order chi connectivity index (χ1) is 19.7. The number of benzene rings is 3. The molecular weight excluding hydrogens is 553 g/mol. The molecule has 1 fully saturated rings. The van der Waals surface area contributed by atoms with Crippen molar-refractivity contribution in [3.8, 4) is 11.4 Å². The van der Waals surface area contributed by atoms with Gasteiger partial charge >= 0.3 is 6.36 Å². The summed E-state index contributed by atoms with van der Waals surface area (Å²) in [6.07, 6.45) is -1.61. The largest absolute Gasteiger partial charge is 0.573 e. The van der Waals surface area contributed by atoms with E-state index in [2.05, 4.69) is 24.9 Å². The third kappa shape index (κ3) is 5.25. The van der Waals surface area contributed by atoms with Gasteiger partial charge in [0.05, 0.1) is 39.9 Å². The summed E-state index contributed by atoms with van der Waals surface area (Å²) in [7, 11) is 0. The van der Waals surface area contributed by atoms with Gasteiger partial charge in [-0.05, 0) is 73.5 Å². The molecule has 0 unspecified atom stereocenters. The molecule has 206 valence electrons. The number of amides is 1. The number of fused-ring (bicyclic) bond motifs is 3. The number of carbonyl (C=O) groups excluding carboxylic acids is 1. The third-order valence-corrected chi connectivity index (χ3v) is 7.43. The van der Waals surface area contributed by atoms with E-state index < -0.39 is 6.36 Å². The highest BCUT2D eigenvalue weighted by atomic mass is 32.2. The van der Waals surface area contributed by atoms with Crippen LogP contribution in [0, 0.1) is 13.8 Å². The maximum Gasteiger partial charge on any atom is 0.573 e. The van der Waals surface area contributed by atoms with Crippen LogP contribution in [0.5, 0.6) is 5.75 Å².